The van der Waals surface area contributed by atoms with Crippen molar-refractivity contribution in [2.45, 2.75) is 31.6 Å². The Balaban J connectivity index is 1.55. The summed E-state index contributed by atoms with van der Waals surface area (Å²) in [5.41, 5.74) is 2.28. The van der Waals surface area contributed by atoms with Gasteiger partial charge in [-0.1, -0.05) is 36.0 Å². The van der Waals surface area contributed by atoms with Gasteiger partial charge in [-0.15, -0.1) is 0 Å². The van der Waals surface area contributed by atoms with Crippen LogP contribution in [-0.4, -0.2) is 47.4 Å². The minimum Gasteiger partial charge on any atom is -0.493 e. The van der Waals surface area contributed by atoms with Gasteiger partial charge in [0.1, 0.15) is 0 Å². The van der Waals surface area contributed by atoms with Crippen LogP contribution in [0, 0.1) is 0 Å². The van der Waals surface area contributed by atoms with Crippen LogP contribution in [0.2, 0.25) is 0 Å². The van der Waals surface area contributed by atoms with Gasteiger partial charge in [0.2, 0.25) is 5.91 Å². The van der Waals surface area contributed by atoms with E-state index in [1.54, 1.807) is 60.2 Å². The van der Waals surface area contributed by atoms with Gasteiger partial charge in [-0.3, -0.25) is 19.0 Å². The molecule has 202 valence electrons. The summed E-state index contributed by atoms with van der Waals surface area (Å²) in [7, 11) is 3.07. The molecule has 2 N–H and O–H groups in total. The Morgan fingerprint density at radius 2 is 1.69 bits per heavy atom. The van der Waals surface area contributed by atoms with Crippen LogP contribution < -0.4 is 25.7 Å². The molecule has 3 aromatic carbocycles. The number of carbonyl (C=O) groups is 2. The van der Waals surface area contributed by atoms with Crippen molar-refractivity contribution in [1.82, 2.24) is 14.9 Å². The molecular formula is C29H30N4O5S. The Kier molecular flexibility index (Phi) is 8.88. The lowest BCUT2D eigenvalue weighted by atomic mass is 10.1. The standard InChI is InChI=1S/C29H30N4O5S/c1-18(2)30-27(35)20-11-9-19(10-12-20)16-33-28(36)22-7-5-6-8-23(22)32-29(33)39-17-26(34)31-21-13-14-24(37-3)25(15-21)38-4/h5-15,18H,16-17H2,1-4H3,(H,30,35)(H,31,34). The van der Waals surface area contributed by atoms with Gasteiger partial charge in [-0.05, 0) is 55.8 Å². The number of amides is 2. The maximum absolute atomic E-state index is 13.4. The number of thioether (sulfide) groups is 1. The van der Waals surface area contributed by atoms with Crippen LogP contribution in [-0.2, 0) is 11.3 Å². The van der Waals surface area contributed by atoms with E-state index >= 15 is 0 Å². The molecule has 0 aliphatic heterocycles. The predicted molar refractivity (Wildman–Crippen MR) is 153 cm³/mol. The third-order valence-corrected chi connectivity index (χ3v) is 6.78. The Hall–Kier alpha value is -4.31. The van der Waals surface area contributed by atoms with Crippen LogP contribution in [0.15, 0.2) is 76.7 Å². The van der Waals surface area contributed by atoms with Crippen molar-refractivity contribution < 1.29 is 19.1 Å². The molecule has 0 saturated heterocycles. The van der Waals surface area contributed by atoms with Gasteiger partial charge in [0, 0.05) is 23.4 Å². The second kappa shape index (κ2) is 12.5. The van der Waals surface area contributed by atoms with Crippen LogP contribution in [0.25, 0.3) is 10.9 Å². The van der Waals surface area contributed by atoms with Gasteiger partial charge in [0.05, 0.1) is 37.4 Å². The van der Waals surface area contributed by atoms with Crippen molar-refractivity contribution in [3.63, 3.8) is 0 Å². The molecule has 0 bridgehead atoms. The highest BCUT2D eigenvalue weighted by Crippen LogP contribution is 2.30. The number of rotatable bonds is 10. The SMILES string of the molecule is COc1ccc(NC(=O)CSc2nc3ccccc3c(=O)n2Cc2ccc(C(=O)NC(C)C)cc2)cc1OC. The summed E-state index contributed by atoms with van der Waals surface area (Å²) >= 11 is 1.17. The molecule has 0 spiro atoms. The highest BCUT2D eigenvalue weighted by atomic mass is 32.2. The lowest BCUT2D eigenvalue weighted by Gasteiger charge is -2.14. The molecule has 0 radical (unpaired) electrons. The Labute approximate surface area is 230 Å². The molecule has 2 amide bonds. The minimum atomic E-state index is -0.262. The second-order valence-electron chi connectivity index (χ2n) is 9.03. The average Bonchev–Trinajstić information content (AvgIpc) is 2.93. The van der Waals surface area contributed by atoms with E-state index in [1.807, 2.05) is 32.0 Å². The van der Waals surface area contributed by atoms with E-state index < -0.39 is 0 Å². The maximum atomic E-state index is 13.4. The van der Waals surface area contributed by atoms with Crippen molar-refractivity contribution in [2.75, 3.05) is 25.3 Å². The average molecular weight is 547 g/mol. The van der Waals surface area contributed by atoms with E-state index in [9.17, 15) is 14.4 Å². The first-order chi connectivity index (χ1) is 18.8. The first kappa shape index (κ1) is 27.7. The van der Waals surface area contributed by atoms with Gasteiger partial charge in [0.15, 0.2) is 16.7 Å². The Bertz CT molecular complexity index is 1550. The molecule has 0 saturated carbocycles. The summed E-state index contributed by atoms with van der Waals surface area (Å²) in [5, 5.41) is 6.62. The molecule has 9 nitrogen and oxygen atoms in total. The molecule has 1 heterocycles. The maximum Gasteiger partial charge on any atom is 0.262 e. The molecule has 10 heteroatoms. The zero-order valence-corrected chi connectivity index (χ0v) is 23.0. The summed E-state index contributed by atoms with van der Waals surface area (Å²) in [6.07, 6.45) is 0. The lowest BCUT2D eigenvalue weighted by Crippen LogP contribution is -2.30. The number of methoxy groups -OCH3 is 2. The van der Waals surface area contributed by atoms with Gasteiger partial charge in [0.25, 0.3) is 11.5 Å². The quantitative estimate of drug-likeness (QED) is 0.225. The van der Waals surface area contributed by atoms with Crippen LogP contribution in [0.4, 0.5) is 5.69 Å². The van der Waals surface area contributed by atoms with E-state index in [2.05, 4.69) is 15.6 Å². The zero-order chi connectivity index (χ0) is 27.9. The molecule has 0 unspecified atom stereocenters. The number of fused-ring (bicyclic) bond motifs is 1. The second-order valence-corrected chi connectivity index (χ2v) is 9.98. The number of nitrogens with one attached hydrogen (secondary N) is 2. The Morgan fingerprint density at radius 3 is 2.38 bits per heavy atom. The van der Waals surface area contributed by atoms with Gasteiger partial charge >= 0.3 is 0 Å². The number of nitrogens with zero attached hydrogens (tertiary/aromatic N) is 2. The zero-order valence-electron chi connectivity index (χ0n) is 22.2. The number of benzene rings is 3. The fourth-order valence-electron chi connectivity index (χ4n) is 3.93. The molecule has 39 heavy (non-hydrogen) atoms. The van der Waals surface area contributed by atoms with E-state index in [1.165, 1.54) is 18.9 Å². The molecule has 4 rings (SSSR count). The summed E-state index contributed by atoms with van der Waals surface area (Å²) in [4.78, 5) is 43.2. The van der Waals surface area contributed by atoms with Gasteiger partial charge < -0.3 is 20.1 Å². The van der Waals surface area contributed by atoms with E-state index in [0.29, 0.717) is 38.8 Å². The summed E-state index contributed by atoms with van der Waals surface area (Å²) in [5.74, 6) is 0.677. The fraction of sp³-hybridized carbons (Fsp3) is 0.241. The third-order valence-electron chi connectivity index (χ3n) is 5.80. The van der Waals surface area contributed by atoms with Crippen LogP contribution in [0.3, 0.4) is 0 Å². The monoisotopic (exact) mass is 546 g/mol. The third kappa shape index (κ3) is 6.77. The number of ether oxygens (including phenoxy) is 2. The molecule has 1 aromatic heterocycles. The molecule has 0 fully saturated rings. The van der Waals surface area contributed by atoms with Crippen LogP contribution in [0.5, 0.6) is 11.5 Å². The summed E-state index contributed by atoms with van der Waals surface area (Å²) < 4.78 is 12.1. The first-order valence-corrected chi connectivity index (χ1v) is 13.3. The number of carbonyl (C=O) groups excluding carboxylic acids is 2. The molecular weight excluding hydrogens is 516 g/mol. The van der Waals surface area contributed by atoms with Gasteiger partial charge in [-0.2, -0.15) is 0 Å². The first-order valence-electron chi connectivity index (χ1n) is 12.3. The lowest BCUT2D eigenvalue weighted by molar-refractivity contribution is -0.113. The highest BCUT2D eigenvalue weighted by molar-refractivity contribution is 7.99. The van der Waals surface area contributed by atoms with Crippen molar-refractivity contribution in [1.29, 1.82) is 0 Å². The Morgan fingerprint density at radius 1 is 0.974 bits per heavy atom. The van der Waals surface area contributed by atoms with Crippen molar-refractivity contribution in [3.8, 4) is 11.5 Å². The molecule has 0 aliphatic rings. The number of aromatic nitrogens is 2. The molecule has 4 aromatic rings. The highest BCUT2D eigenvalue weighted by Gasteiger charge is 2.15. The molecule has 0 aliphatic carbocycles. The summed E-state index contributed by atoms with van der Waals surface area (Å²) in [6.45, 7) is 4.04. The normalized spacial score (nSPS) is 10.9. The predicted octanol–water partition coefficient (Wildman–Crippen LogP) is 4.33. The minimum absolute atomic E-state index is 0.0305. The molecule has 0 atom stereocenters. The van der Waals surface area contributed by atoms with E-state index in [0.717, 1.165) is 5.56 Å². The smallest absolute Gasteiger partial charge is 0.262 e. The number of para-hydroxylation sites is 1. The largest absolute Gasteiger partial charge is 0.493 e. The van der Waals surface area contributed by atoms with Gasteiger partial charge in [-0.25, -0.2) is 4.98 Å². The summed E-state index contributed by atoms with van der Waals surface area (Å²) in [6, 6.07) is 19.4. The van der Waals surface area contributed by atoms with Crippen molar-refractivity contribution in [3.05, 3.63) is 88.2 Å². The van der Waals surface area contributed by atoms with E-state index in [-0.39, 0.29) is 35.7 Å². The number of hydrogen-bond donors (Lipinski definition) is 2. The topological polar surface area (TPSA) is 112 Å². The van der Waals surface area contributed by atoms with E-state index in [4.69, 9.17) is 9.47 Å². The van der Waals surface area contributed by atoms with Crippen LogP contribution in [0.1, 0.15) is 29.8 Å². The van der Waals surface area contributed by atoms with Crippen LogP contribution >= 0.6 is 11.8 Å². The van der Waals surface area contributed by atoms with Crippen molar-refractivity contribution in [2.24, 2.45) is 0 Å². The number of anilines is 1. The van der Waals surface area contributed by atoms with Crippen molar-refractivity contribution >= 4 is 40.2 Å². The fourth-order valence-corrected chi connectivity index (χ4v) is 4.73. The number of hydrogen-bond acceptors (Lipinski definition) is 7.